The predicted molar refractivity (Wildman–Crippen MR) is 76.7 cm³/mol. The summed E-state index contributed by atoms with van der Waals surface area (Å²) in [7, 11) is 0. The summed E-state index contributed by atoms with van der Waals surface area (Å²) in [6, 6.07) is 0.389. The van der Waals surface area contributed by atoms with Gasteiger partial charge in [0.2, 0.25) is 5.91 Å². The van der Waals surface area contributed by atoms with Crippen LogP contribution >= 0.6 is 12.4 Å². The van der Waals surface area contributed by atoms with Crippen molar-refractivity contribution in [3.8, 4) is 0 Å². The quantitative estimate of drug-likeness (QED) is 0.813. The van der Waals surface area contributed by atoms with Gasteiger partial charge in [-0.3, -0.25) is 4.79 Å². The zero-order chi connectivity index (χ0) is 12.5. The summed E-state index contributed by atoms with van der Waals surface area (Å²) < 4.78 is 0. The summed E-state index contributed by atoms with van der Waals surface area (Å²) >= 11 is 0. The largest absolute Gasteiger partial charge is 0.353 e. The molecule has 0 aromatic carbocycles. The Morgan fingerprint density at radius 1 is 1.22 bits per heavy atom. The van der Waals surface area contributed by atoms with Gasteiger partial charge in [0.1, 0.15) is 0 Å². The lowest BCUT2D eigenvalue weighted by molar-refractivity contribution is -0.129. The molecule has 2 saturated carbocycles. The van der Waals surface area contributed by atoms with Gasteiger partial charge in [-0.1, -0.05) is 26.2 Å². The normalized spacial score (nSPS) is 40.1. The topological polar surface area (TPSA) is 55.1 Å². The van der Waals surface area contributed by atoms with Crippen molar-refractivity contribution in [3.05, 3.63) is 0 Å². The molecule has 2 rings (SSSR count). The summed E-state index contributed by atoms with van der Waals surface area (Å²) in [6.07, 6.45) is 7.88. The SMILES string of the molecule is CC1CCCC1NC(=O)C1CCCCC1(C)N.Cl. The molecule has 106 valence electrons. The molecule has 0 saturated heterocycles. The van der Waals surface area contributed by atoms with Crippen molar-refractivity contribution in [1.29, 1.82) is 0 Å². The molecule has 2 aliphatic rings. The van der Waals surface area contributed by atoms with E-state index in [1.54, 1.807) is 0 Å². The van der Waals surface area contributed by atoms with E-state index >= 15 is 0 Å². The molecular weight excluding hydrogens is 248 g/mol. The standard InChI is InChI=1S/C14H26N2O.ClH/c1-10-6-5-8-12(10)16-13(17)11-7-3-4-9-14(11,2)15;/h10-12H,3-9,15H2,1-2H3,(H,16,17);1H. The highest BCUT2D eigenvalue weighted by Crippen LogP contribution is 2.32. The van der Waals surface area contributed by atoms with Gasteiger partial charge in [-0.15, -0.1) is 12.4 Å². The zero-order valence-corrected chi connectivity index (χ0v) is 12.4. The lowest BCUT2D eigenvalue weighted by Crippen LogP contribution is -2.54. The third kappa shape index (κ3) is 3.39. The molecule has 4 unspecified atom stereocenters. The molecule has 2 fully saturated rings. The molecule has 0 aliphatic heterocycles. The first kappa shape index (κ1) is 15.8. The van der Waals surface area contributed by atoms with E-state index in [0.717, 1.165) is 32.1 Å². The Morgan fingerprint density at radius 2 is 1.94 bits per heavy atom. The van der Waals surface area contributed by atoms with Crippen LogP contribution in [0.15, 0.2) is 0 Å². The van der Waals surface area contributed by atoms with Gasteiger partial charge in [0.25, 0.3) is 0 Å². The van der Waals surface area contributed by atoms with E-state index in [1.807, 2.05) is 6.92 Å². The van der Waals surface area contributed by atoms with Crippen molar-refractivity contribution in [3.63, 3.8) is 0 Å². The fourth-order valence-corrected chi connectivity index (χ4v) is 3.43. The highest BCUT2D eigenvalue weighted by Gasteiger charge is 2.39. The third-order valence-electron chi connectivity index (χ3n) is 4.76. The maximum atomic E-state index is 12.3. The van der Waals surface area contributed by atoms with Crippen LogP contribution in [0.2, 0.25) is 0 Å². The zero-order valence-electron chi connectivity index (χ0n) is 11.6. The van der Waals surface area contributed by atoms with Crippen LogP contribution in [0.3, 0.4) is 0 Å². The van der Waals surface area contributed by atoms with Crippen molar-refractivity contribution < 1.29 is 4.79 Å². The molecule has 2 aliphatic carbocycles. The third-order valence-corrected chi connectivity index (χ3v) is 4.76. The Hall–Kier alpha value is -0.280. The first-order valence-electron chi connectivity index (χ1n) is 7.10. The van der Waals surface area contributed by atoms with Crippen molar-refractivity contribution in [2.75, 3.05) is 0 Å². The summed E-state index contributed by atoms with van der Waals surface area (Å²) in [5.41, 5.74) is 5.97. The van der Waals surface area contributed by atoms with Crippen molar-refractivity contribution in [2.45, 2.75) is 70.4 Å². The van der Waals surface area contributed by atoms with E-state index in [4.69, 9.17) is 5.73 Å². The van der Waals surface area contributed by atoms with Gasteiger partial charge in [0.15, 0.2) is 0 Å². The van der Waals surface area contributed by atoms with E-state index in [0.29, 0.717) is 12.0 Å². The lowest BCUT2D eigenvalue weighted by Gasteiger charge is -2.38. The molecule has 3 nitrogen and oxygen atoms in total. The highest BCUT2D eigenvalue weighted by molar-refractivity contribution is 5.85. The highest BCUT2D eigenvalue weighted by atomic mass is 35.5. The maximum Gasteiger partial charge on any atom is 0.225 e. The molecule has 0 bridgehead atoms. The van der Waals surface area contributed by atoms with Gasteiger partial charge in [0.05, 0.1) is 5.92 Å². The summed E-state index contributed by atoms with van der Waals surface area (Å²) in [4.78, 5) is 12.3. The smallest absolute Gasteiger partial charge is 0.225 e. The monoisotopic (exact) mass is 274 g/mol. The number of nitrogens with one attached hydrogen (secondary N) is 1. The number of amides is 1. The Morgan fingerprint density at radius 3 is 2.50 bits per heavy atom. The van der Waals surface area contributed by atoms with Gasteiger partial charge >= 0.3 is 0 Å². The average Bonchev–Trinajstić information content (AvgIpc) is 2.63. The number of halogens is 1. The summed E-state index contributed by atoms with van der Waals surface area (Å²) in [6.45, 7) is 4.27. The molecule has 0 spiro atoms. The van der Waals surface area contributed by atoms with E-state index in [2.05, 4.69) is 12.2 Å². The summed E-state index contributed by atoms with van der Waals surface area (Å²) in [5.74, 6) is 0.851. The fraction of sp³-hybridized carbons (Fsp3) is 0.929. The second-order valence-electron chi connectivity index (χ2n) is 6.33. The molecule has 0 aromatic rings. The number of rotatable bonds is 2. The molecule has 18 heavy (non-hydrogen) atoms. The van der Waals surface area contributed by atoms with Crippen molar-refractivity contribution in [1.82, 2.24) is 5.32 Å². The van der Waals surface area contributed by atoms with E-state index in [9.17, 15) is 4.79 Å². The van der Waals surface area contributed by atoms with Crippen LogP contribution in [0.25, 0.3) is 0 Å². The maximum absolute atomic E-state index is 12.3. The minimum absolute atomic E-state index is 0. The molecule has 4 heteroatoms. The molecule has 0 heterocycles. The van der Waals surface area contributed by atoms with Crippen LogP contribution in [-0.4, -0.2) is 17.5 Å². The molecule has 3 N–H and O–H groups in total. The number of carbonyl (C=O) groups excluding carboxylic acids is 1. The van der Waals surface area contributed by atoms with Gasteiger partial charge in [0, 0.05) is 11.6 Å². The van der Waals surface area contributed by atoms with Crippen LogP contribution in [0, 0.1) is 11.8 Å². The Kier molecular flexibility index (Phi) is 5.47. The van der Waals surface area contributed by atoms with Gasteiger partial charge < -0.3 is 11.1 Å². The average molecular weight is 275 g/mol. The first-order valence-corrected chi connectivity index (χ1v) is 7.10. The minimum Gasteiger partial charge on any atom is -0.353 e. The Bertz CT molecular complexity index is 294. The van der Waals surface area contributed by atoms with Gasteiger partial charge in [-0.05, 0) is 38.5 Å². The Balaban J connectivity index is 0.00000162. The van der Waals surface area contributed by atoms with Crippen LogP contribution in [0.5, 0.6) is 0 Å². The van der Waals surface area contributed by atoms with Crippen LogP contribution in [-0.2, 0) is 4.79 Å². The predicted octanol–water partition coefficient (Wildman–Crippen LogP) is 2.62. The van der Waals surface area contributed by atoms with E-state index < -0.39 is 0 Å². The van der Waals surface area contributed by atoms with Crippen LogP contribution < -0.4 is 11.1 Å². The molecule has 0 radical (unpaired) electrons. The molecular formula is C14H27ClN2O. The van der Waals surface area contributed by atoms with Gasteiger partial charge in [-0.2, -0.15) is 0 Å². The number of nitrogens with two attached hydrogens (primary N) is 1. The van der Waals surface area contributed by atoms with Crippen molar-refractivity contribution in [2.24, 2.45) is 17.6 Å². The van der Waals surface area contributed by atoms with Crippen LogP contribution in [0.1, 0.15) is 58.8 Å². The number of carbonyl (C=O) groups is 1. The van der Waals surface area contributed by atoms with Gasteiger partial charge in [-0.25, -0.2) is 0 Å². The van der Waals surface area contributed by atoms with E-state index in [-0.39, 0.29) is 29.8 Å². The molecule has 1 amide bonds. The van der Waals surface area contributed by atoms with Crippen LogP contribution in [0.4, 0.5) is 0 Å². The second kappa shape index (κ2) is 6.25. The van der Waals surface area contributed by atoms with E-state index in [1.165, 1.54) is 12.8 Å². The minimum atomic E-state index is -0.301. The van der Waals surface area contributed by atoms with Crippen molar-refractivity contribution >= 4 is 18.3 Å². The second-order valence-corrected chi connectivity index (χ2v) is 6.33. The number of hydrogen-bond acceptors (Lipinski definition) is 2. The molecule has 0 aromatic heterocycles. The number of hydrogen-bond donors (Lipinski definition) is 2. The fourth-order valence-electron chi connectivity index (χ4n) is 3.43. The lowest BCUT2D eigenvalue weighted by atomic mass is 9.74. The molecule has 4 atom stereocenters. The first-order chi connectivity index (χ1) is 8.00. The summed E-state index contributed by atoms with van der Waals surface area (Å²) in [5, 5.41) is 3.24. The Labute approximate surface area is 117 Å².